The van der Waals surface area contributed by atoms with Gasteiger partial charge in [0, 0.05) is 50.3 Å². The van der Waals surface area contributed by atoms with Crippen LogP contribution >= 0.6 is 77.9 Å². The Morgan fingerprint density at radius 3 is 0.740 bits per heavy atom. The zero-order valence-corrected chi connectivity index (χ0v) is 44.2. The summed E-state index contributed by atoms with van der Waals surface area (Å²) in [4.78, 5) is 0. The lowest BCUT2D eigenvalue weighted by molar-refractivity contribution is 0.305. The molecule has 0 aliphatic heterocycles. The van der Waals surface area contributed by atoms with E-state index >= 15 is 0 Å². The van der Waals surface area contributed by atoms with E-state index in [1.54, 1.807) is 0 Å². The average molecular weight is 849 g/mol. The molecule has 0 fully saturated rings. The number of hydrogen-bond donors (Lipinski definition) is 0. The van der Waals surface area contributed by atoms with Gasteiger partial charge in [0.05, 0.1) is 7.88 Å². The molecule has 50 heavy (non-hydrogen) atoms. The number of hydrogen-bond acceptors (Lipinski definition) is 8. The van der Waals surface area contributed by atoms with Crippen LogP contribution in [0, 0.1) is 0 Å². The first-order valence-corrected chi connectivity index (χ1v) is 27.9. The van der Waals surface area contributed by atoms with Gasteiger partial charge in [-0.15, -0.1) is 0 Å². The molecule has 0 aromatic carbocycles. The molecular weight excluding hydrogens is 765 g/mol. The monoisotopic (exact) mass is 848 g/mol. The molecule has 0 aliphatic rings. The van der Waals surface area contributed by atoms with Gasteiger partial charge in [-0.1, -0.05) is 158 Å². The molecule has 0 saturated heterocycles. The van der Waals surface area contributed by atoms with Gasteiger partial charge in [0.1, 0.15) is 14.8 Å². The van der Waals surface area contributed by atoms with Gasteiger partial charge in [-0.3, -0.25) is 18.7 Å². The van der Waals surface area contributed by atoms with Crippen molar-refractivity contribution in [2.45, 2.75) is 211 Å². The fourth-order valence-corrected chi connectivity index (χ4v) is 33.7. The lowest BCUT2D eigenvalue weighted by Gasteiger charge is -2.46. The summed E-state index contributed by atoms with van der Waals surface area (Å²) < 4.78 is 13.1. The van der Waals surface area contributed by atoms with E-state index in [1.165, 1.54) is 7.88 Å². The van der Waals surface area contributed by atoms with E-state index in [2.05, 4.69) is 185 Å². The van der Waals surface area contributed by atoms with Crippen molar-refractivity contribution in [1.29, 1.82) is 0 Å². The topological polar surface area (TPSA) is 13.0 Å². The van der Waals surface area contributed by atoms with Crippen molar-refractivity contribution in [2.24, 2.45) is 0 Å². The van der Waals surface area contributed by atoms with Crippen LogP contribution < -0.4 is 0 Å². The Labute approximate surface area is 339 Å². The van der Waals surface area contributed by atoms with Crippen molar-refractivity contribution < 1.29 is 0 Å². The molecule has 0 spiro atoms. The summed E-state index contributed by atoms with van der Waals surface area (Å²) >= 11 is 16.2. The average Bonchev–Trinajstić information content (AvgIpc) is 2.86. The highest BCUT2D eigenvalue weighted by Gasteiger charge is 2.42. The highest BCUT2D eigenvalue weighted by molar-refractivity contribution is 8.69. The second-order valence-corrected chi connectivity index (χ2v) is 35.4. The molecule has 300 valence electrons. The minimum atomic E-state index is -0.474. The normalized spacial score (nSPS) is 15.1. The predicted octanol–water partition coefficient (Wildman–Crippen LogP) is 15.5. The zero-order chi connectivity index (χ0) is 40.3. The van der Waals surface area contributed by atoms with Crippen LogP contribution in [0.4, 0.5) is 0 Å². The van der Waals surface area contributed by atoms with Gasteiger partial charge < -0.3 is 0 Å². The first-order valence-electron chi connectivity index (χ1n) is 19.1. The first kappa shape index (κ1) is 54.5. The summed E-state index contributed by atoms with van der Waals surface area (Å²) in [6.07, 6.45) is 0. The van der Waals surface area contributed by atoms with E-state index in [0.29, 0.717) is 24.2 Å². The largest absolute Gasteiger partial charge is 0.262 e. The Morgan fingerprint density at radius 2 is 0.620 bits per heavy atom. The summed E-state index contributed by atoms with van der Waals surface area (Å²) in [5, 5.41) is 0.954. The quantitative estimate of drug-likeness (QED) is 0.111. The van der Waals surface area contributed by atoms with Crippen LogP contribution in [-0.4, -0.2) is 97.5 Å². The molecule has 12 heteroatoms. The molecular formula is C38H84N4P4S4. The van der Waals surface area contributed by atoms with E-state index < -0.39 is 14.8 Å². The van der Waals surface area contributed by atoms with E-state index in [1.807, 2.05) is 22.8 Å². The Hall–Kier alpha value is 2.44. The van der Waals surface area contributed by atoms with E-state index in [-0.39, 0.29) is 36.5 Å². The maximum absolute atomic E-state index is 6.11. The molecule has 0 aromatic rings. The highest BCUT2D eigenvalue weighted by Crippen LogP contribution is 2.70. The first-order chi connectivity index (χ1) is 22.4. The third-order valence-electron chi connectivity index (χ3n) is 7.82. The summed E-state index contributed by atoms with van der Waals surface area (Å²) in [6, 6.07) is 2.10. The molecule has 0 saturated carbocycles. The highest BCUT2D eigenvalue weighted by atomic mass is 32.7. The molecule has 0 bridgehead atoms. The van der Waals surface area contributed by atoms with Crippen molar-refractivity contribution >= 4 is 85.8 Å². The van der Waals surface area contributed by atoms with E-state index in [0.717, 1.165) is 26.2 Å². The van der Waals surface area contributed by atoms with Gasteiger partial charge in [-0.05, 0) is 91.9 Å². The standard InChI is InChI=1S/2C19H42N2P2S2/c2*1-13-20(14-2)23(21(15(3)4)16(5)6)25-17(24)22(18(7,8)9)19(10,11)12/h2*15-16H,13-14H2,1-12H3/t2*23-/m10/s1. The van der Waals surface area contributed by atoms with Crippen molar-refractivity contribution in [2.75, 3.05) is 26.2 Å². The van der Waals surface area contributed by atoms with E-state index in [4.69, 9.17) is 24.4 Å². The number of thiocarbonyl (C=S) groups is 2. The summed E-state index contributed by atoms with van der Waals surface area (Å²) in [6.45, 7) is 60.3. The lowest BCUT2D eigenvalue weighted by atomic mass is 10.2. The molecule has 0 rings (SSSR count). The molecule has 0 aromatic heterocycles. The number of rotatable bonds is 16. The van der Waals surface area contributed by atoms with Crippen molar-refractivity contribution in [3.8, 4) is 0 Å². The van der Waals surface area contributed by atoms with Crippen LogP contribution in [0.3, 0.4) is 0 Å². The maximum atomic E-state index is 6.11. The lowest BCUT2D eigenvalue weighted by Crippen LogP contribution is -2.37. The van der Waals surface area contributed by atoms with Gasteiger partial charge in [-0.2, -0.15) is 0 Å². The molecule has 0 unspecified atom stereocenters. The van der Waals surface area contributed by atoms with Crippen LogP contribution in [0.25, 0.3) is 0 Å². The summed E-state index contributed by atoms with van der Waals surface area (Å²) in [5.41, 5.74) is 0. The fraction of sp³-hybridized carbons (Fsp3) is 0.947. The van der Waals surface area contributed by atoms with Crippen molar-refractivity contribution in [1.82, 2.24) is 18.7 Å². The molecule has 0 N–H and O–H groups in total. The smallest absolute Gasteiger partial charge is 0.109 e. The van der Waals surface area contributed by atoms with Crippen LogP contribution in [-0.2, 0) is 0 Å². The van der Waals surface area contributed by atoms with Crippen LogP contribution in [0.15, 0.2) is 0 Å². The SMILES string of the molecule is CCN(CC)[P@@](SC(=S)P(C(C)(C)C)C(C)(C)C)N(C(C)C)C(C)C.CCN(CC)[P@](SC(=S)P(C(C)(C)C)C(C)(C)C)N(C(C)C)C(C)C. The van der Waals surface area contributed by atoms with Crippen LogP contribution in [0.5, 0.6) is 0 Å². The van der Waals surface area contributed by atoms with Gasteiger partial charge in [-0.25, -0.2) is 0 Å². The third kappa shape index (κ3) is 18.1. The van der Waals surface area contributed by atoms with Crippen LogP contribution in [0.1, 0.15) is 166 Å². The minimum absolute atomic E-state index is 0.239. The van der Waals surface area contributed by atoms with Gasteiger partial charge in [0.15, 0.2) is 0 Å². The molecule has 0 aliphatic carbocycles. The van der Waals surface area contributed by atoms with Crippen LogP contribution in [0.2, 0.25) is 0 Å². The van der Waals surface area contributed by atoms with Gasteiger partial charge in [0.25, 0.3) is 0 Å². The molecule has 2 atom stereocenters. The Kier molecular flexibility index (Phi) is 25.8. The van der Waals surface area contributed by atoms with Gasteiger partial charge >= 0.3 is 0 Å². The second-order valence-electron chi connectivity index (χ2n) is 18.0. The Balaban J connectivity index is 0. The molecule has 0 amide bonds. The van der Waals surface area contributed by atoms with Crippen molar-refractivity contribution in [3.63, 3.8) is 0 Å². The molecule has 0 radical (unpaired) electrons. The fourth-order valence-electron chi connectivity index (χ4n) is 6.75. The minimum Gasteiger partial charge on any atom is -0.262 e. The zero-order valence-electron chi connectivity index (χ0n) is 37.3. The van der Waals surface area contributed by atoms with Crippen molar-refractivity contribution in [3.05, 3.63) is 0 Å². The third-order valence-corrected chi connectivity index (χ3v) is 28.7. The van der Waals surface area contributed by atoms with E-state index in [9.17, 15) is 0 Å². The Bertz CT molecular complexity index is 855. The maximum Gasteiger partial charge on any atom is 0.109 e. The predicted molar refractivity (Wildman–Crippen MR) is 257 cm³/mol. The summed E-state index contributed by atoms with van der Waals surface area (Å²) in [7, 11) is -1.70. The Morgan fingerprint density at radius 1 is 0.440 bits per heavy atom. The second kappa shape index (κ2) is 23.6. The summed E-state index contributed by atoms with van der Waals surface area (Å²) in [5.74, 6) is 0. The molecule has 0 heterocycles. The van der Waals surface area contributed by atoms with Gasteiger partial charge in [0.2, 0.25) is 0 Å². The number of nitrogens with zero attached hydrogens (tertiary/aromatic N) is 4. The molecule has 4 nitrogen and oxygen atoms in total.